The van der Waals surface area contributed by atoms with Crippen LogP contribution in [0, 0.1) is 0 Å². The summed E-state index contributed by atoms with van der Waals surface area (Å²) in [6.45, 7) is 2.92. The van der Waals surface area contributed by atoms with Crippen LogP contribution in [-0.2, 0) is 16.1 Å². The SMILES string of the molecule is CCN(C(=O)CCl)C1CCC(NC(=O)OCc2ccccc2)CC1. The highest BCUT2D eigenvalue weighted by Gasteiger charge is 2.28. The Morgan fingerprint density at radius 2 is 1.88 bits per heavy atom. The quantitative estimate of drug-likeness (QED) is 0.799. The average molecular weight is 353 g/mol. The van der Waals surface area contributed by atoms with Crippen molar-refractivity contribution in [1.29, 1.82) is 0 Å². The number of halogens is 1. The van der Waals surface area contributed by atoms with E-state index in [9.17, 15) is 9.59 Å². The van der Waals surface area contributed by atoms with Crippen molar-refractivity contribution in [3.05, 3.63) is 35.9 Å². The van der Waals surface area contributed by atoms with E-state index in [-0.39, 0.29) is 36.6 Å². The topological polar surface area (TPSA) is 58.6 Å². The lowest BCUT2D eigenvalue weighted by Gasteiger charge is -2.36. The van der Waals surface area contributed by atoms with Gasteiger partial charge in [-0.3, -0.25) is 4.79 Å². The minimum Gasteiger partial charge on any atom is -0.445 e. The van der Waals surface area contributed by atoms with Gasteiger partial charge in [-0.05, 0) is 38.2 Å². The van der Waals surface area contributed by atoms with Gasteiger partial charge >= 0.3 is 6.09 Å². The minimum absolute atomic E-state index is 0.0159. The second-order valence-corrected chi connectivity index (χ2v) is 6.29. The lowest BCUT2D eigenvalue weighted by atomic mass is 9.90. The Bertz CT molecular complexity index is 530. The van der Waals surface area contributed by atoms with Gasteiger partial charge in [0.15, 0.2) is 0 Å². The Morgan fingerprint density at radius 3 is 2.46 bits per heavy atom. The molecule has 0 heterocycles. The van der Waals surface area contributed by atoms with Gasteiger partial charge in [0.25, 0.3) is 0 Å². The zero-order chi connectivity index (χ0) is 17.4. The number of nitrogens with one attached hydrogen (secondary N) is 1. The van der Waals surface area contributed by atoms with Crippen molar-refractivity contribution in [2.24, 2.45) is 0 Å². The molecule has 1 aliphatic carbocycles. The standard InChI is InChI=1S/C18H25ClN2O3/c1-2-21(17(22)12-19)16-10-8-15(9-11-16)20-18(23)24-13-14-6-4-3-5-7-14/h3-7,15-16H,2,8-13H2,1H3,(H,20,23). The average Bonchev–Trinajstić information content (AvgIpc) is 2.62. The summed E-state index contributed by atoms with van der Waals surface area (Å²) >= 11 is 5.66. The molecule has 2 rings (SSSR count). The largest absolute Gasteiger partial charge is 0.445 e. The molecule has 1 saturated carbocycles. The summed E-state index contributed by atoms with van der Waals surface area (Å²) in [5.74, 6) is 0.00974. The van der Waals surface area contributed by atoms with Crippen LogP contribution in [-0.4, -0.2) is 41.4 Å². The number of amides is 2. The molecule has 0 radical (unpaired) electrons. The number of alkyl halides is 1. The molecule has 132 valence electrons. The van der Waals surface area contributed by atoms with E-state index >= 15 is 0 Å². The molecular weight excluding hydrogens is 328 g/mol. The van der Waals surface area contributed by atoms with E-state index in [2.05, 4.69) is 5.32 Å². The number of rotatable bonds is 6. The molecule has 0 aliphatic heterocycles. The van der Waals surface area contributed by atoms with Crippen LogP contribution in [0.1, 0.15) is 38.2 Å². The number of hydrogen-bond acceptors (Lipinski definition) is 3. The van der Waals surface area contributed by atoms with Crippen LogP contribution in [0.3, 0.4) is 0 Å². The summed E-state index contributed by atoms with van der Waals surface area (Å²) in [7, 11) is 0. The molecule has 0 spiro atoms. The van der Waals surface area contributed by atoms with Gasteiger partial charge in [0.2, 0.25) is 5.91 Å². The molecule has 1 aromatic rings. The van der Waals surface area contributed by atoms with Gasteiger partial charge in [-0.25, -0.2) is 4.79 Å². The predicted octanol–water partition coefficient (Wildman–Crippen LogP) is 3.31. The Hall–Kier alpha value is -1.75. The smallest absolute Gasteiger partial charge is 0.407 e. The first-order valence-electron chi connectivity index (χ1n) is 8.46. The van der Waals surface area contributed by atoms with E-state index in [1.807, 2.05) is 42.2 Å². The molecule has 0 bridgehead atoms. The van der Waals surface area contributed by atoms with Crippen molar-refractivity contribution < 1.29 is 14.3 Å². The zero-order valence-electron chi connectivity index (χ0n) is 14.0. The maximum absolute atomic E-state index is 11.9. The number of hydrogen-bond donors (Lipinski definition) is 1. The van der Waals surface area contributed by atoms with Crippen molar-refractivity contribution in [2.45, 2.75) is 51.3 Å². The fourth-order valence-electron chi connectivity index (χ4n) is 3.18. The molecule has 1 fully saturated rings. The van der Waals surface area contributed by atoms with Crippen molar-refractivity contribution in [1.82, 2.24) is 10.2 Å². The van der Waals surface area contributed by atoms with Gasteiger partial charge in [0.1, 0.15) is 12.5 Å². The van der Waals surface area contributed by atoms with Crippen LogP contribution in [0.5, 0.6) is 0 Å². The summed E-state index contributed by atoms with van der Waals surface area (Å²) in [6, 6.07) is 9.93. The second kappa shape index (κ2) is 9.52. The summed E-state index contributed by atoms with van der Waals surface area (Å²) in [5, 5.41) is 2.92. The number of benzene rings is 1. The van der Waals surface area contributed by atoms with E-state index in [0.29, 0.717) is 6.54 Å². The predicted molar refractivity (Wildman–Crippen MR) is 93.9 cm³/mol. The molecule has 1 aliphatic rings. The molecule has 24 heavy (non-hydrogen) atoms. The zero-order valence-corrected chi connectivity index (χ0v) is 14.8. The normalized spacial score (nSPS) is 20.2. The molecular formula is C18H25ClN2O3. The van der Waals surface area contributed by atoms with Gasteiger partial charge in [0.05, 0.1) is 0 Å². The molecule has 0 saturated heterocycles. The number of ether oxygens (including phenoxy) is 1. The number of carbonyl (C=O) groups is 2. The first-order chi connectivity index (χ1) is 11.6. The third-order valence-electron chi connectivity index (χ3n) is 4.45. The Kier molecular flexibility index (Phi) is 7.37. The maximum atomic E-state index is 11.9. The summed E-state index contributed by atoms with van der Waals surface area (Å²) in [6.07, 6.45) is 3.06. The first-order valence-corrected chi connectivity index (χ1v) is 9.00. The van der Waals surface area contributed by atoms with Crippen LogP contribution >= 0.6 is 11.6 Å². The van der Waals surface area contributed by atoms with E-state index in [1.165, 1.54) is 0 Å². The third kappa shape index (κ3) is 5.41. The summed E-state index contributed by atoms with van der Waals surface area (Å²) in [4.78, 5) is 25.6. The molecule has 2 amide bonds. The number of nitrogens with zero attached hydrogens (tertiary/aromatic N) is 1. The van der Waals surface area contributed by atoms with E-state index in [4.69, 9.17) is 16.3 Å². The van der Waals surface area contributed by atoms with Crippen LogP contribution in [0.2, 0.25) is 0 Å². The fraction of sp³-hybridized carbons (Fsp3) is 0.556. The van der Waals surface area contributed by atoms with Crippen LogP contribution in [0.15, 0.2) is 30.3 Å². The molecule has 1 N–H and O–H groups in total. The minimum atomic E-state index is -0.383. The van der Waals surface area contributed by atoms with E-state index < -0.39 is 0 Å². The molecule has 1 aromatic carbocycles. The van der Waals surface area contributed by atoms with Gasteiger partial charge in [-0.2, -0.15) is 0 Å². The molecule has 0 atom stereocenters. The van der Waals surface area contributed by atoms with Crippen LogP contribution in [0.4, 0.5) is 4.79 Å². The lowest BCUT2D eigenvalue weighted by molar-refractivity contribution is -0.131. The molecule has 0 aromatic heterocycles. The van der Waals surface area contributed by atoms with Gasteiger partial charge in [-0.15, -0.1) is 11.6 Å². The highest BCUT2D eigenvalue weighted by molar-refractivity contribution is 6.27. The number of carbonyl (C=O) groups excluding carboxylic acids is 2. The van der Waals surface area contributed by atoms with Gasteiger partial charge in [0, 0.05) is 18.6 Å². The fourth-order valence-corrected chi connectivity index (χ4v) is 3.33. The van der Waals surface area contributed by atoms with E-state index in [0.717, 1.165) is 31.2 Å². The van der Waals surface area contributed by atoms with Crippen LogP contribution in [0.25, 0.3) is 0 Å². The Balaban J connectivity index is 1.72. The summed E-state index contributed by atoms with van der Waals surface area (Å²) in [5.41, 5.74) is 0.967. The van der Waals surface area contributed by atoms with Gasteiger partial charge < -0.3 is 15.0 Å². The van der Waals surface area contributed by atoms with Crippen molar-refractivity contribution in [2.75, 3.05) is 12.4 Å². The Morgan fingerprint density at radius 1 is 1.21 bits per heavy atom. The monoisotopic (exact) mass is 352 g/mol. The first kappa shape index (κ1) is 18.6. The van der Waals surface area contributed by atoms with Crippen molar-refractivity contribution in [3.63, 3.8) is 0 Å². The molecule has 5 nitrogen and oxygen atoms in total. The maximum Gasteiger partial charge on any atom is 0.407 e. The van der Waals surface area contributed by atoms with E-state index in [1.54, 1.807) is 0 Å². The molecule has 0 unspecified atom stereocenters. The highest BCUT2D eigenvalue weighted by Crippen LogP contribution is 2.23. The Labute approximate surface area is 148 Å². The van der Waals surface area contributed by atoms with Crippen LogP contribution < -0.4 is 5.32 Å². The highest BCUT2D eigenvalue weighted by atomic mass is 35.5. The van der Waals surface area contributed by atoms with Gasteiger partial charge in [-0.1, -0.05) is 30.3 Å². The number of alkyl carbamates (subject to hydrolysis) is 1. The third-order valence-corrected chi connectivity index (χ3v) is 4.68. The molecule has 6 heteroatoms. The lowest BCUT2D eigenvalue weighted by Crippen LogP contribution is -2.46. The summed E-state index contributed by atoms with van der Waals surface area (Å²) < 4.78 is 5.25. The van der Waals surface area contributed by atoms with Crippen molar-refractivity contribution in [3.8, 4) is 0 Å². The van der Waals surface area contributed by atoms with Crippen molar-refractivity contribution >= 4 is 23.6 Å². The second-order valence-electron chi connectivity index (χ2n) is 6.02.